The molecule has 0 aliphatic carbocycles. The van der Waals surface area contributed by atoms with Crippen LogP contribution in [-0.4, -0.2) is 42.6 Å². The Kier molecular flexibility index (Phi) is 8.01. The number of thioether (sulfide) groups is 1. The minimum absolute atomic E-state index is 0.285. The van der Waals surface area contributed by atoms with Crippen molar-refractivity contribution in [3.63, 3.8) is 0 Å². The molecule has 2 rings (SSSR count). The largest absolute Gasteiger partial charge is 0.212 e. The third-order valence-electron chi connectivity index (χ3n) is 3.25. The highest BCUT2D eigenvalue weighted by Gasteiger charge is 2.39. The van der Waals surface area contributed by atoms with E-state index in [9.17, 15) is 8.42 Å². The van der Waals surface area contributed by atoms with Gasteiger partial charge in [-0.1, -0.05) is 12.3 Å². The van der Waals surface area contributed by atoms with Gasteiger partial charge in [-0.25, -0.2) is 8.42 Å². The van der Waals surface area contributed by atoms with Crippen LogP contribution in [0, 0.1) is 47.9 Å². The molecular weight excluding hydrogens is 314 g/mol. The van der Waals surface area contributed by atoms with Crippen molar-refractivity contribution in [3.05, 3.63) is 0 Å². The number of sulfonamides is 1. The zero-order chi connectivity index (χ0) is 16.4. The lowest BCUT2D eigenvalue weighted by Crippen LogP contribution is -2.54. The zero-order valence-corrected chi connectivity index (χ0v) is 14.5. The van der Waals surface area contributed by atoms with Crippen LogP contribution in [0.1, 0.15) is 26.2 Å². The normalized spacial score (nSPS) is 22.8. The quantitative estimate of drug-likeness (QED) is 0.684. The van der Waals surface area contributed by atoms with Gasteiger partial charge in [-0.2, -0.15) is 16.1 Å². The molecule has 0 amide bonds. The van der Waals surface area contributed by atoms with Gasteiger partial charge in [0.2, 0.25) is 10.0 Å². The van der Waals surface area contributed by atoms with Gasteiger partial charge in [0.15, 0.2) is 0 Å². The lowest BCUT2D eigenvalue weighted by Gasteiger charge is -2.43. The van der Waals surface area contributed by atoms with Crippen molar-refractivity contribution in [3.8, 4) is 47.9 Å². The fourth-order valence-corrected chi connectivity index (χ4v) is 5.50. The van der Waals surface area contributed by atoms with Crippen LogP contribution in [0.15, 0.2) is 0 Å². The molecule has 3 nitrogen and oxygen atoms in total. The number of piperidine rings is 1. The van der Waals surface area contributed by atoms with E-state index in [2.05, 4.69) is 41.4 Å². The molecule has 2 unspecified atom stereocenters. The van der Waals surface area contributed by atoms with Crippen LogP contribution in [0.25, 0.3) is 0 Å². The SMILES string of the molecule is C#CC#CC#CC#CC.CS(=O)(=O)N1C2CCCC1CSC2. The second kappa shape index (κ2) is 9.50. The zero-order valence-electron chi connectivity index (χ0n) is 12.8. The van der Waals surface area contributed by atoms with E-state index < -0.39 is 10.0 Å². The monoisotopic (exact) mass is 333 g/mol. The highest BCUT2D eigenvalue weighted by Crippen LogP contribution is 2.34. The van der Waals surface area contributed by atoms with Crippen molar-refractivity contribution in [1.82, 2.24) is 4.31 Å². The molecule has 0 saturated carbocycles. The average molecular weight is 333 g/mol. The molecule has 0 spiro atoms. The second-order valence-electron chi connectivity index (χ2n) is 4.89. The van der Waals surface area contributed by atoms with E-state index in [0.29, 0.717) is 0 Å². The molecule has 2 aliphatic rings. The summed E-state index contributed by atoms with van der Waals surface area (Å²) in [5.74, 6) is 19.0. The highest BCUT2D eigenvalue weighted by molar-refractivity contribution is 7.99. The Bertz CT molecular complexity index is 677. The van der Waals surface area contributed by atoms with Crippen molar-refractivity contribution < 1.29 is 8.42 Å². The molecule has 2 atom stereocenters. The minimum atomic E-state index is -2.97. The van der Waals surface area contributed by atoms with Gasteiger partial charge in [0.1, 0.15) is 0 Å². The molecule has 0 aromatic heterocycles. The van der Waals surface area contributed by atoms with Crippen LogP contribution in [0.2, 0.25) is 0 Å². The maximum atomic E-state index is 11.5. The number of hydrogen-bond acceptors (Lipinski definition) is 3. The first-order valence-corrected chi connectivity index (χ1v) is 9.94. The van der Waals surface area contributed by atoms with Crippen molar-refractivity contribution >= 4 is 21.8 Å². The predicted molar refractivity (Wildman–Crippen MR) is 93.3 cm³/mol. The molecule has 5 heteroatoms. The second-order valence-corrected chi connectivity index (χ2v) is 7.85. The van der Waals surface area contributed by atoms with Crippen LogP contribution in [0.4, 0.5) is 0 Å². The Labute approximate surface area is 138 Å². The van der Waals surface area contributed by atoms with Gasteiger partial charge < -0.3 is 0 Å². The Hall–Kier alpha value is -1.50. The van der Waals surface area contributed by atoms with Gasteiger partial charge in [-0.3, -0.25) is 0 Å². The summed E-state index contributed by atoms with van der Waals surface area (Å²) >= 11 is 1.90. The lowest BCUT2D eigenvalue weighted by molar-refractivity contribution is 0.204. The number of terminal acetylenes is 1. The fraction of sp³-hybridized carbons (Fsp3) is 0.529. The molecule has 2 fully saturated rings. The Balaban J connectivity index is 0.000000239. The first kappa shape index (κ1) is 18.5. The molecule has 2 saturated heterocycles. The first-order chi connectivity index (χ1) is 10.5. The van der Waals surface area contributed by atoms with E-state index in [-0.39, 0.29) is 12.1 Å². The summed E-state index contributed by atoms with van der Waals surface area (Å²) in [7, 11) is -2.97. The maximum absolute atomic E-state index is 11.5. The molecule has 0 aromatic carbocycles. The van der Waals surface area contributed by atoms with Gasteiger partial charge in [-0.15, -0.1) is 6.42 Å². The van der Waals surface area contributed by atoms with Crippen molar-refractivity contribution in [2.24, 2.45) is 0 Å². The van der Waals surface area contributed by atoms with Crippen molar-refractivity contribution in [2.75, 3.05) is 17.8 Å². The third-order valence-corrected chi connectivity index (χ3v) is 5.85. The molecule has 0 N–H and O–H groups in total. The van der Waals surface area contributed by atoms with Gasteiger partial charge in [0.25, 0.3) is 0 Å². The molecular formula is C17H19NO2S2. The first-order valence-electron chi connectivity index (χ1n) is 6.94. The number of fused-ring (bicyclic) bond motifs is 2. The summed E-state index contributed by atoms with van der Waals surface area (Å²) < 4.78 is 24.8. The summed E-state index contributed by atoms with van der Waals surface area (Å²) in [5.41, 5.74) is 0. The van der Waals surface area contributed by atoms with Crippen LogP contribution < -0.4 is 0 Å². The van der Waals surface area contributed by atoms with Crippen molar-refractivity contribution in [2.45, 2.75) is 38.3 Å². The molecule has 116 valence electrons. The van der Waals surface area contributed by atoms with Crippen LogP contribution in [-0.2, 0) is 10.0 Å². The number of nitrogens with zero attached hydrogens (tertiary/aromatic N) is 1. The van der Waals surface area contributed by atoms with E-state index in [0.717, 1.165) is 24.3 Å². The smallest absolute Gasteiger partial charge is 0.211 e. The summed E-state index contributed by atoms with van der Waals surface area (Å²) in [4.78, 5) is 0. The Morgan fingerprint density at radius 1 is 1.05 bits per heavy atom. The van der Waals surface area contributed by atoms with Crippen LogP contribution in [0.3, 0.4) is 0 Å². The summed E-state index contributed by atoms with van der Waals surface area (Å²) in [5, 5.41) is 0. The summed E-state index contributed by atoms with van der Waals surface area (Å²) in [6, 6.07) is 0.569. The molecule has 2 bridgehead atoms. The number of rotatable bonds is 1. The average Bonchev–Trinajstić information content (AvgIpc) is 2.46. The highest BCUT2D eigenvalue weighted by atomic mass is 32.2. The van der Waals surface area contributed by atoms with Gasteiger partial charge >= 0.3 is 0 Å². The van der Waals surface area contributed by atoms with E-state index in [1.807, 2.05) is 11.8 Å². The van der Waals surface area contributed by atoms with Gasteiger partial charge in [0.05, 0.1) is 6.26 Å². The molecule has 2 heterocycles. The predicted octanol–water partition coefficient (Wildman–Crippen LogP) is 1.57. The minimum Gasteiger partial charge on any atom is -0.212 e. The molecule has 22 heavy (non-hydrogen) atoms. The Morgan fingerprint density at radius 2 is 1.59 bits per heavy atom. The van der Waals surface area contributed by atoms with Crippen LogP contribution >= 0.6 is 11.8 Å². The standard InChI is InChI=1S/C9H4.C8H15NO2S2/c1-3-5-7-9-8-6-4-2;1-13(10,11)9-7-3-2-4-8(9)6-12-5-7/h1H,2H3;7-8H,2-6H2,1H3. The Morgan fingerprint density at radius 3 is 2.05 bits per heavy atom. The van der Waals surface area contributed by atoms with Crippen LogP contribution in [0.5, 0.6) is 0 Å². The molecule has 0 aromatic rings. The fourth-order valence-electron chi connectivity index (χ4n) is 2.53. The topological polar surface area (TPSA) is 37.4 Å². The van der Waals surface area contributed by atoms with E-state index in [1.165, 1.54) is 12.7 Å². The summed E-state index contributed by atoms with van der Waals surface area (Å²) in [6.07, 6.45) is 9.46. The molecule has 2 aliphatic heterocycles. The van der Waals surface area contributed by atoms with Gasteiger partial charge in [-0.05, 0) is 55.3 Å². The summed E-state index contributed by atoms with van der Waals surface area (Å²) in [6.45, 7) is 1.71. The number of hydrogen-bond donors (Lipinski definition) is 0. The third kappa shape index (κ3) is 6.09. The van der Waals surface area contributed by atoms with E-state index in [4.69, 9.17) is 6.42 Å². The van der Waals surface area contributed by atoms with E-state index in [1.54, 1.807) is 11.2 Å². The lowest BCUT2D eigenvalue weighted by atomic mass is 10.0. The van der Waals surface area contributed by atoms with Crippen molar-refractivity contribution in [1.29, 1.82) is 0 Å². The molecule has 0 radical (unpaired) electrons. The van der Waals surface area contributed by atoms with E-state index >= 15 is 0 Å². The maximum Gasteiger partial charge on any atom is 0.211 e. The van der Waals surface area contributed by atoms with Gasteiger partial charge in [0, 0.05) is 23.6 Å².